The highest BCUT2D eigenvalue weighted by molar-refractivity contribution is 5.39. The molecule has 118 valence electrons. The van der Waals surface area contributed by atoms with Crippen LogP contribution in [0, 0.1) is 5.92 Å². The number of hydrogen-bond donors (Lipinski definition) is 1. The highest BCUT2D eigenvalue weighted by atomic mass is 16.5. The van der Waals surface area contributed by atoms with Crippen molar-refractivity contribution >= 4 is 11.9 Å². The molecule has 6 nitrogen and oxygen atoms in total. The lowest BCUT2D eigenvalue weighted by Crippen LogP contribution is -2.41. The van der Waals surface area contributed by atoms with Gasteiger partial charge in [0.15, 0.2) is 0 Å². The average Bonchev–Trinajstić information content (AvgIpc) is 2.45. The first-order valence-corrected chi connectivity index (χ1v) is 8.03. The van der Waals surface area contributed by atoms with E-state index in [1.54, 1.807) is 0 Å². The molecule has 6 heteroatoms. The molecule has 2 heterocycles. The van der Waals surface area contributed by atoms with Crippen LogP contribution in [-0.4, -0.2) is 40.7 Å². The van der Waals surface area contributed by atoms with Gasteiger partial charge in [-0.25, -0.2) is 0 Å². The van der Waals surface area contributed by atoms with Crippen LogP contribution in [-0.2, 0) is 0 Å². The van der Waals surface area contributed by atoms with Gasteiger partial charge in [-0.05, 0) is 39.0 Å². The van der Waals surface area contributed by atoms with E-state index in [2.05, 4.69) is 45.9 Å². The summed E-state index contributed by atoms with van der Waals surface area (Å²) in [7, 11) is 0. The van der Waals surface area contributed by atoms with Crippen LogP contribution in [0.15, 0.2) is 0 Å². The van der Waals surface area contributed by atoms with E-state index in [0.29, 0.717) is 24.6 Å². The third kappa shape index (κ3) is 4.19. The van der Waals surface area contributed by atoms with Crippen LogP contribution in [0.3, 0.4) is 0 Å². The second kappa shape index (κ2) is 7.43. The molecule has 0 saturated carbocycles. The van der Waals surface area contributed by atoms with Crippen molar-refractivity contribution in [2.75, 3.05) is 29.9 Å². The predicted octanol–water partition coefficient (Wildman–Crippen LogP) is 2.72. The maximum absolute atomic E-state index is 5.49. The fraction of sp³-hybridized carbons (Fsp3) is 0.800. The average molecular weight is 293 g/mol. The van der Waals surface area contributed by atoms with Crippen molar-refractivity contribution in [3.63, 3.8) is 0 Å². The largest absolute Gasteiger partial charge is 0.464 e. The van der Waals surface area contributed by atoms with Crippen molar-refractivity contribution in [3.8, 4) is 6.01 Å². The minimum Gasteiger partial charge on any atom is -0.464 e. The first kappa shape index (κ1) is 15.8. The Kier molecular flexibility index (Phi) is 5.59. The van der Waals surface area contributed by atoms with Gasteiger partial charge in [0, 0.05) is 19.1 Å². The lowest BCUT2D eigenvalue weighted by Gasteiger charge is -2.36. The highest BCUT2D eigenvalue weighted by Crippen LogP contribution is 2.26. The number of aromatic nitrogens is 3. The fourth-order valence-corrected chi connectivity index (χ4v) is 2.69. The van der Waals surface area contributed by atoms with E-state index in [1.807, 2.05) is 6.92 Å². The number of ether oxygens (including phenoxy) is 1. The molecule has 0 aromatic carbocycles. The molecular formula is C15H27N5O. The molecule has 1 fully saturated rings. The number of rotatable bonds is 6. The van der Waals surface area contributed by atoms with Crippen LogP contribution in [0.5, 0.6) is 6.01 Å². The summed E-state index contributed by atoms with van der Waals surface area (Å²) in [6.07, 6.45) is 3.38. The second-order valence-electron chi connectivity index (χ2n) is 5.77. The zero-order chi connectivity index (χ0) is 15.2. The molecular weight excluding hydrogens is 266 g/mol. The standard InChI is InChI=1S/C15H27N5O/c1-5-8-16-13-17-14(19-15(18-13)21-6-2)20-9-7-11(3)10-12(20)4/h11-12H,5-10H2,1-4H3,(H,16,17,18,19). The van der Waals surface area contributed by atoms with E-state index in [9.17, 15) is 0 Å². The molecule has 0 amide bonds. The van der Waals surface area contributed by atoms with Crippen LogP contribution in [0.1, 0.15) is 47.0 Å². The van der Waals surface area contributed by atoms with Gasteiger partial charge in [-0.15, -0.1) is 0 Å². The van der Waals surface area contributed by atoms with Crippen molar-refractivity contribution < 1.29 is 4.74 Å². The molecule has 0 aliphatic carbocycles. The Bertz CT molecular complexity index is 454. The number of piperidine rings is 1. The molecule has 21 heavy (non-hydrogen) atoms. The zero-order valence-corrected chi connectivity index (χ0v) is 13.6. The minimum absolute atomic E-state index is 0.409. The van der Waals surface area contributed by atoms with E-state index in [1.165, 1.54) is 12.8 Å². The molecule has 1 N–H and O–H groups in total. The van der Waals surface area contributed by atoms with Crippen LogP contribution in [0.25, 0.3) is 0 Å². The second-order valence-corrected chi connectivity index (χ2v) is 5.77. The van der Waals surface area contributed by atoms with Crippen LogP contribution < -0.4 is 15.0 Å². The number of nitrogens with zero attached hydrogens (tertiary/aromatic N) is 4. The SMILES string of the molecule is CCCNc1nc(OCC)nc(N2CCC(C)CC2C)n1. The van der Waals surface area contributed by atoms with E-state index in [0.717, 1.165) is 31.4 Å². The molecule has 0 spiro atoms. The summed E-state index contributed by atoms with van der Waals surface area (Å²) in [6, 6.07) is 0.858. The van der Waals surface area contributed by atoms with Gasteiger partial charge >= 0.3 is 6.01 Å². The Labute approximate surface area is 127 Å². The molecule has 1 aliphatic heterocycles. The summed E-state index contributed by atoms with van der Waals surface area (Å²) in [5.74, 6) is 2.10. The van der Waals surface area contributed by atoms with Crippen LogP contribution in [0.2, 0.25) is 0 Å². The van der Waals surface area contributed by atoms with E-state index in [-0.39, 0.29) is 0 Å². The highest BCUT2D eigenvalue weighted by Gasteiger charge is 2.25. The molecule has 1 aromatic rings. The maximum Gasteiger partial charge on any atom is 0.323 e. The van der Waals surface area contributed by atoms with E-state index in [4.69, 9.17) is 4.74 Å². The molecule has 2 atom stereocenters. The summed E-state index contributed by atoms with van der Waals surface area (Å²) in [5.41, 5.74) is 0. The third-order valence-electron chi connectivity index (χ3n) is 3.80. The first-order chi connectivity index (χ1) is 10.1. The molecule has 1 aromatic heterocycles. The van der Waals surface area contributed by atoms with Gasteiger partial charge < -0.3 is 15.0 Å². The summed E-state index contributed by atoms with van der Waals surface area (Å²) in [4.78, 5) is 15.6. The Morgan fingerprint density at radius 1 is 1.24 bits per heavy atom. The topological polar surface area (TPSA) is 63.2 Å². The first-order valence-electron chi connectivity index (χ1n) is 8.03. The van der Waals surface area contributed by atoms with Gasteiger partial charge in [-0.1, -0.05) is 13.8 Å². The number of nitrogens with one attached hydrogen (secondary N) is 1. The van der Waals surface area contributed by atoms with Gasteiger partial charge in [0.05, 0.1) is 6.61 Å². The van der Waals surface area contributed by atoms with Crippen molar-refractivity contribution in [1.82, 2.24) is 15.0 Å². The van der Waals surface area contributed by atoms with Crippen molar-refractivity contribution in [2.45, 2.75) is 53.0 Å². The van der Waals surface area contributed by atoms with Gasteiger partial charge in [0.1, 0.15) is 0 Å². The van der Waals surface area contributed by atoms with Gasteiger partial charge in [0.25, 0.3) is 0 Å². The normalized spacial score (nSPS) is 22.2. The Balaban J connectivity index is 2.21. The van der Waals surface area contributed by atoms with Crippen molar-refractivity contribution in [2.24, 2.45) is 5.92 Å². The van der Waals surface area contributed by atoms with Gasteiger partial charge in [-0.3, -0.25) is 0 Å². The Morgan fingerprint density at radius 2 is 2.05 bits per heavy atom. The maximum atomic E-state index is 5.49. The molecule has 1 saturated heterocycles. The van der Waals surface area contributed by atoms with E-state index < -0.39 is 0 Å². The Hall–Kier alpha value is -1.59. The quantitative estimate of drug-likeness (QED) is 0.870. The monoisotopic (exact) mass is 293 g/mol. The lowest BCUT2D eigenvalue weighted by molar-refractivity contribution is 0.310. The zero-order valence-electron chi connectivity index (χ0n) is 13.6. The van der Waals surface area contributed by atoms with Gasteiger partial charge in [0.2, 0.25) is 11.9 Å². The minimum atomic E-state index is 0.409. The molecule has 0 bridgehead atoms. The third-order valence-corrected chi connectivity index (χ3v) is 3.80. The summed E-state index contributed by atoms with van der Waals surface area (Å²) >= 11 is 0. The van der Waals surface area contributed by atoms with Crippen LogP contribution >= 0.6 is 0 Å². The molecule has 2 unspecified atom stereocenters. The molecule has 2 rings (SSSR count). The summed E-state index contributed by atoms with van der Waals surface area (Å²) in [6.45, 7) is 11.0. The fourth-order valence-electron chi connectivity index (χ4n) is 2.69. The van der Waals surface area contributed by atoms with Crippen molar-refractivity contribution in [1.29, 1.82) is 0 Å². The predicted molar refractivity (Wildman–Crippen MR) is 85.0 cm³/mol. The number of anilines is 2. The van der Waals surface area contributed by atoms with E-state index >= 15 is 0 Å². The smallest absolute Gasteiger partial charge is 0.323 e. The molecule has 1 aliphatic rings. The van der Waals surface area contributed by atoms with Gasteiger partial charge in [-0.2, -0.15) is 15.0 Å². The summed E-state index contributed by atoms with van der Waals surface area (Å²) < 4.78 is 5.49. The number of hydrogen-bond acceptors (Lipinski definition) is 6. The lowest BCUT2D eigenvalue weighted by atomic mass is 9.94. The van der Waals surface area contributed by atoms with Crippen molar-refractivity contribution in [3.05, 3.63) is 0 Å². The summed E-state index contributed by atoms with van der Waals surface area (Å²) in [5, 5.41) is 3.23. The molecule has 0 radical (unpaired) electrons. The Morgan fingerprint density at radius 3 is 2.71 bits per heavy atom. The van der Waals surface area contributed by atoms with Crippen LogP contribution in [0.4, 0.5) is 11.9 Å².